The maximum atomic E-state index is 12.9. The summed E-state index contributed by atoms with van der Waals surface area (Å²) in [7, 11) is 0. The van der Waals surface area contributed by atoms with Crippen LogP contribution in [0.1, 0.15) is 11.3 Å². The van der Waals surface area contributed by atoms with Gasteiger partial charge in [0.2, 0.25) is 0 Å². The maximum Gasteiger partial charge on any atom is 0.188 e. The Bertz CT molecular complexity index is 442. The number of halogens is 1. The minimum Gasteiger partial charge on any atom is -0.231 e. The number of hydrogen-bond donors (Lipinski definition) is 0. The molecule has 0 saturated carbocycles. The van der Waals surface area contributed by atoms with Gasteiger partial charge < -0.3 is 0 Å². The van der Waals surface area contributed by atoms with Gasteiger partial charge >= 0.3 is 0 Å². The van der Waals surface area contributed by atoms with E-state index in [0.717, 1.165) is 16.4 Å². The van der Waals surface area contributed by atoms with Crippen molar-refractivity contribution in [1.82, 2.24) is 9.97 Å². The van der Waals surface area contributed by atoms with Crippen LogP contribution in [0.4, 0.5) is 4.39 Å². The maximum absolute atomic E-state index is 12.9. The first-order chi connectivity index (χ1) is 7.74. The molecule has 0 aliphatic carbocycles. The van der Waals surface area contributed by atoms with E-state index in [-0.39, 0.29) is 5.82 Å². The number of thioether (sulfide) groups is 1. The molecule has 2 rings (SSSR count). The Morgan fingerprint density at radius 2 is 2.19 bits per heavy atom. The first kappa shape index (κ1) is 11.1. The van der Waals surface area contributed by atoms with Crippen LogP contribution in [0.2, 0.25) is 0 Å². The molecule has 2 nitrogen and oxygen atoms in total. The first-order valence-corrected chi connectivity index (χ1v) is 5.89. The summed E-state index contributed by atoms with van der Waals surface area (Å²) in [4.78, 5) is 8.40. The predicted octanol–water partition coefficient (Wildman–Crippen LogP) is 3.22. The van der Waals surface area contributed by atoms with Crippen molar-refractivity contribution in [3.05, 3.63) is 53.6 Å². The molecule has 0 spiro atoms. The van der Waals surface area contributed by atoms with Crippen LogP contribution in [0.15, 0.2) is 41.7 Å². The molecule has 82 valence electrons. The number of rotatable bonds is 3. The van der Waals surface area contributed by atoms with Gasteiger partial charge in [-0.3, -0.25) is 0 Å². The molecule has 16 heavy (non-hydrogen) atoms. The molecule has 0 aliphatic rings. The van der Waals surface area contributed by atoms with Crippen molar-refractivity contribution < 1.29 is 4.39 Å². The third-order valence-corrected chi connectivity index (χ3v) is 2.96. The SMILES string of the molecule is Cc1ccnc(SCc2cccc(F)c2)n1. The molecule has 0 amide bonds. The van der Waals surface area contributed by atoms with E-state index >= 15 is 0 Å². The minimum absolute atomic E-state index is 0.205. The molecule has 1 aromatic heterocycles. The fourth-order valence-corrected chi connectivity index (χ4v) is 2.09. The number of hydrogen-bond acceptors (Lipinski definition) is 3. The van der Waals surface area contributed by atoms with Crippen LogP contribution in [0, 0.1) is 12.7 Å². The van der Waals surface area contributed by atoms with E-state index in [1.807, 2.05) is 19.1 Å². The zero-order valence-corrected chi connectivity index (χ0v) is 9.67. The summed E-state index contributed by atoms with van der Waals surface area (Å²) in [5.74, 6) is 0.476. The Labute approximate surface area is 97.9 Å². The third kappa shape index (κ3) is 3.03. The topological polar surface area (TPSA) is 25.8 Å². The summed E-state index contributed by atoms with van der Waals surface area (Å²) in [5.41, 5.74) is 1.88. The lowest BCUT2D eigenvalue weighted by Gasteiger charge is -2.01. The molecule has 1 heterocycles. The summed E-state index contributed by atoms with van der Waals surface area (Å²) in [6.07, 6.45) is 1.73. The fourth-order valence-electron chi connectivity index (χ4n) is 1.27. The molecule has 0 bridgehead atoms. The van der Waals surface area contributed by atoms with Gasteiger partial charge in [0.05, 0.1) is 0 Å². The van der Waals surface area contributed by atoms with Gasteiger partial charge in [-0.15, -0.1) is 0 Å². The van der Waals surface area contributed by atoms with Crippen molar-refractivity contribution >= 4 is 11.8 Å². The van der Waals surface area contributed by atoms with E-state index < -0.39 is 0 Å². The van der Waals surface area contributed by atoms with Crippen molar-refractivity contribution in [1.29, 1.82) is 0 Å². The van der Waals surface area contributed by atoms with Crippen molar-refractivity contribution in [2.75, 3.05) is 0 Å². The number of aromatic nitrogens is 2. The lowest BCUT2D eigenvalue weighted by molar-refractivity contribution is 0.626. The highest BCUT2D eigenvalue weighted by Gasteiger charge is 2.00. The number of aryl methyl sites for hydroxylation is 1. The molecular weight excluding hydrogens is 223 g/mol. The highest BCUT2D eigenvalue weighted by molar-refractivity contribution is 7.98. The molecule has 0 atom stereocenters. The minimum atomic E-state index is -0.205. The van der Waals surface area contributed by atoms with Crippen LogP contribution >= 0.6 is 11.8 Å². The summed E-state index contributed by atoms with van der Waals surface area (Å²) >= 11 is 1.51. The molecule has 2 aromatic rings. The molecule has 0 N–H and O–H groups in total. The van der Waals surface area contributed by atoms with Gasteiger partial charge in [0, 0.05) is 17.6 Å². The average molecular weight is 234 g/mol. The van der Waals surface area contributed by atoms with Crippen LogP contribution < -0.4 is 0 Å². The number of nitrogens with zero attached hydrogens (tertiary/aromatic N) is 2. The predicted molar refractivity (Wildman–Crippen MR) is 62.7 cm³/mol. The summed E-state index contributed by atoms with van der Waals surface area (Å²) in [5, 5.41) is 0.726. The summed E-state index contributed by atoms with van der Waals surface area (Å²) < 4.78 is 12.9. The van der Waals surface area contributed by atoms with Crippen molar-refractivity contribution in [2.45, 2.75) is 17.8 Å². The quantitative estimate of drug-likeness (QED) is 0.602. The molecule has 1 aromatic carbocycles. The van der Waals surface area contributed by atoms with E-state index in [9.17, 15) is 4.39 Å². The lowest BCUT2D eigenvalue weighted by Crippen LogP contribution is -1.89. The second-order valence-electron chi connectivity index (χ2n) is 3.40. The van der Waals surface area contributed by atoms with E-state index in [0.29, 0.717) is 5.75 Å². The smallest absolute Gasteiger partial charge is 0.188 e. The zero-order valence-electron chi connectivity index (χ0n) is 8.85. The van der Waals surface area contributed by atoms with Crippen LogP contribution in [0.3, 0.4) is 0 Å². The Balaban J connectivity index is 2.02. The average Bonchev–Trinajstić information content (AvgIpc) is 2.27. The molecule has 0 aliphatic heterocycles. The summed E-state index contributed by atoms with van der Waals surface area (Å²) in [6, 6.07) is 8.43. The van der Waals surface area contributed by atoms with E-state index in [4.69, 9.17) is 0 Å². The van der Waals surface area contributed by atoms with Gasteiger partial charge in [0.1, 0.15) is 5.82 Å². The van der Waals surface area contributed by atoms with Gasteiger partial charge in [-0.25, -0.2) is 14.4 Å². The van der Waals surface area contributed by atoms with Crippen molar-refractivity contribution in [3.8, 4) is 0 Å². The Kier molecular flexibility index (Phi) is 3.51. The zero-order chi connectivity index (χ0) is 11.4. The fraction of sp³-hybridized carbons (Fsp3) is 0.167. The van der Waals surface area contributed by atoms with Crippen LogP contribution in [-0.4, -0.2) is 9.97 Å². The van der Waals surface area contributed by atoms with Gasteiger partial charge in [-0.05, 0) is 30.7 Å². The highest BCUT2D eigenvalue weighted by atomic mass is 32.2. The molecule has 0 fully saturated rings. The van der Waals surface area contributed by atoms with Gasteiger partial charge in [-0.2, -0.15) is 0 Å². The largest absolute Gasteiger partial charge is 0.231 e. The molecule has 4 heteroatoms. The second kappa shape index (κ2) is 5.07. The Hall–Kier alpha value is -1.42. The van der Waals surface area contributed by atoms with Crippen LogP contribution in [0.5, 0.6) is 0 Å². The van der Waals surface area contributed by atoms with Gasteiger partial charge in [-0.1, -0.05) is 23.9 Å². The van der Waals surface area contributed by atoms with Crippen molar-refractivity contribution in [3.63, 3.8) is 0 Å². The molecule has 0 unspecified atom stereocenters. The second-order valence-corrected chi connectivity index (χ2v) is 4.34. The first-order valence-electron chi connectivity index (χ1n) is 4.91. The highest BCUT2D eigenvalue weighted by Crippen LogP contribution is 2.19. The Morgan fingerprint density at radius 1 is 1.31 bits per heavy atom. The molecular formula is C12H11FN2S. The standard InChI is InChI=1S/C12H11FN2S/c1-9-5-6-14-12(15-9)16-8-10-3-2-4-11(13)7-10/h2-7H,8H2,1H3. The van der Waals surface area contributed by atoms with Crippen LogP contribution in [0.25, 0.3) is 0 Å². The summed E-state index contributed by atoms with van der Waals surface area (Å²) in [6.45, 7) is 1.92. The van der Waals surface area contributed by atoms with Crippen molar-refractivity contribution in [2.24, 2.45) is 0 Å². The normalized spacial score (nSPS) is 10.4. The number of benzene rings is 1. The van der Waals surface area contributed by atoms with E-state index in [1.165, 1.54) is 23.9 Å². The van der Waals surface area contributed by atoms with Gasteiger partial charge in [0.25, 0.3) is 0 Å². The Morgan fingerprint density at radius 3 is 2.94 bits per heavy atom. The van der Waals surface area contributed by atoms with E-state index in [2.05, 4.69) is 9.97 Å². The van der Waals surface area contributed by atoms with Gasteiger partial charge in [0.15, 0.2) is 5.16 Å². The monoisotopic (exact) mass is 234 g/mol. The van der Waals surface area contributed by atoms with Crippen LogP contribution in [-0.2, 0) is 5.75 Å². The lowest BCUT2D eigenvalue weighted by atomic mass is 10.2. The van der Waals surface area contributed by atoms with E-state index in [1.54, 1.807) is 12.3 Å². The molecule has 0 radical (unpaired) electrons. The molecule has 0 saturated heterocycles. The third-order valence-electron chi connectivity index (χ3n) is 2.03.